The fraction of sp³-hybridized carbons (Fsp3) is 0.429. The van der Waals surface area contributed by atoms with Gasteiger partial charge >= 0.3 is 0 Å². The van der Waals surface area contributed by atoms with E-state index in [0.29, 0.717) is 0 Å². The molecule has 3 heteroatoms. The van der Waals surface area contributed by atoms with Crippen molar-refractivity contribution in [2.24, 2.45) is 0 Å². The lowest BCUT2D eigenvalue weighted by atomic mass is 10.1. The Morgan fingerprint density at radius 2 is 2.12 bits per heavy atom. The van der Waals surface area contributed by atoms with Gasteiger partial charge in [-0.3, -0.25) is 0 Å². The van der Waals surface area contributed by atoms with E-state index >= 15 is 0 Å². The molecule has 0 aliphatic rings. The molecule has 0 unspecified atom stereocenters. The number of rotatable bonds is 7. The summed E-state index contributed by atoms with van der Waals surface area (Å²) >= 11 is 0. The first kappa shape index (κ1) is 13.7. The molecule has 0 aliphatic carbocycles. The lowest BCUT2D eigenvalue weighted by molar-refractivity contribution is 0.200. The Morgan fingerprint density at radius 1 is 1.29 bits per heavy atom. The SMILES string of the molecule is COCCNCC=Cc1ccc(OC)c(C)c1. The minimum atomic E-state index is 0.746. The Balaban J connectivity index is 2.40. The molecule has 0 atom stereocenters. The largest absolute Gasteiger partial charge is 0.496 e. The van der Waals surface area contributed by atoms with Crippen LogP contribution in [0.4, 0.5) is 0 Å². The van der Waals surface area contributed by atoms with Gasteiger partial charge in [0.15, 0.2) is 0 Å². The average Bonchev–Trinajstić information content (AvgIpc) is 2.34. The maximum absolute atomic E-state index is 5.22. The number of methoxy groups -OCH3 is 2. The Hall–Kier alpha value is -1.32. The van der Waals surface area contributed by atoms with Gasteiger partial charge < -0.3 is 14.8 Å². The van der Waals surface area contributed by atoms with E-state index in [4.69, 9.17) is 9.47 Å². The molecule has 0 saturated heterocycles. The predicted molar refractivity (Wildman–Crippen MR) is 71.5 cm³/mol. The van der Waals surface area contributed by atoms with Gasteiger partial charge in [0.25, 0.3) is 0 Å². The van der Waals surface area contributed by atoms with Crippen molar-refractivity contribution in [2.45, 2.75) is 6.92 Å². The lowest BCUT2D eigenvalue weighted by Gasteiger charge is -2.04. The summed E-state index contributed by atoms with van der Waals surface area (Å²) < 4.78 is 10.2. The van der Waals surface area contributed by atoms with Crippen LogP contribution in [0, 0.1) is 6.92 Å². The minimum absolute atomic E-state index is 0.746. The first-order chi connectivity index (χ1) is 8.27. The summed E-state index contributed by atoms with van der Waals surface area (Å²) in [7, 11) is 3.40. The van der Waals surface area contributed by atoms with E-state index in [1.807, 2.05) is 13.0 Å². The van der Waals surface area contributed by atoms with Gasteiger partial charge in [0.05, 0.1) is 13.7 Å². The zero-order chi connectivity index (χ0) is 12.5. The van der Waals surface area contributed by atoms with E-state index in [-0.39, 0.29) is 0 Å². The second kappa shape index (κ2) is 7.87. The van der Waals surface area contributed by atoms with Crippen LogP contribution in [0.1, 0.15) is 11.1 Å². The highest BCUT2D eigenvalue weighted by atomic mass is 16.5. The van der Waals surface area contributed by atoms with E-state index in [9.17, 15) is 0 Å². The summed E-state index contributed by atoms with van der Waals surface area (Å²) in [6.07, 6.45) is 4.21. The molecule has 0 amide bonds. The molecule has 0 aromatic heterocycles. The Kier molecular flexibility index (Phi) is 6.37. The molecule has 94 valence electrons. The van der Waals surface area contributed by atoms with E-state index in [1.165, 1.54) is 5.56 Å². The smallest absolute Gasteiger partial charge is 0.121 e. The second-order valence-corrected chi connectivity index (χ2v) is 3.83. The van der Waals surface area contributed by atoms with Gasteiger partial charge in [-0.1, -0.05) is 18.2 Å². The second-order valence-electron chi connectivity index (χ2n) is 3.83. The van der Waals surface area contributed by atoms with Crippen molar-refractivity contribution in [3.05, 3.63) is 35.4 Å². The maximum Gasteiger partial charge on any atom is 0.121 e. The summed E-state index contributed by atoms with van der Waals surface area (Å²) in [6.45, 7) is 4.53. The van der Waals surface area contributed by atoms with Gasteiger partial charge in [-0.25, -0.2) is 0 Å². The molecule has 17 heavy (non-hydrogen) atoms. The van der Waals surface area contributed by atoms with Crippen LogP contribution in [0.5, 0.6) is 5.75 Å². The van der Waals surface area contributed by atoms with Crippen molar-refractivity contribution in [3.8, 4) is 5.75 Å². The monoisotopic (exact) mass is 235 g/mol. The molecule has 0 bridgehead atoms. The number of hydrogen-bond acceptors (Lipinski definition) is 3. The molecule has 1 aromatic rings. The zero-order valence-electron chi connectivity index (χ0n) is 10.8. The number of hydrogen-bond donors (Lipinski definition) is 1. The Bertz CT molecular complexity index is 361. The van der Waals surface area contributed by atoms with Crippen LogP contribution in [0.15, 0.2) is 24.3 Å². The van der Waals surface area contributed by atoms with Crippen molar-refractivity contribution in [3.63, 3.8) is 0 Å². The number of benzene rings is 1. The molecule has 1 N–H and O–H groups in total. The molecule has 0 aliphatic heterocycles. The molecular formula is C14H21NO2. The van der Waals surface area contributed by atoms with Gasteiger partial charge in [-0.2, -0.15) is 0 Å². The molecule has 3 nitrogen and oxygen atoms in total. The number of ether oxygens (including phenoxy) is 2. The van der Waals surface area contributed by atoms with Gasteiger partial charge in [-0.05, 0) is 30.2 Å². The van der Waals surface area contributed by atoms with Crippen LogP contribution in [0.3, 0.4) is 0 Å². The molecule has 0 fully saturated rings. The number of nitrogens with one attached hydrogen (secondary N) is 1. The highest BCUT2D eigenvalue weighted by Crippen LogP contribution is 2.18. The summed E-state index contributed by atoms with van der Waals surface area (Å²) in [5.41, 5.74) is 2.35. The zero-order valence-corrected chi connectivity index (χ0v) is 10.8. The Labute approximate surface area is 103 Å². The van der Waals surface area contributed by atoms with Crippen molar-refractivity contribution < 1.29 is 9.47 Å². The van der Waals surface area contributed by atoms with Gasteiger partial charge in [0.2, 0.25) is 0 Å². The fourth-order valence-corrected chi connectivity index (χ4v) is 1.56. The summed E-state index contributed by atoms with van der Waals surface area (Å²) in [6, 6.07) is 6.16. The van der Waals surface area contributed by atoms with Crippen molar-refractivity contribution in [2.75, 3.05) is 33.9 Å². The first-order valence-corrected chi connectivity index (χ1v) is 5.78. The van der Waals surface area contributed by atoms with Gasteiger partial charge in [-0.15, -0.1) is 0 Å². The van der Waals surface area contributed by atoms with E-state index in [0.717, 1.165) is 31.0 Å². The van der Waals surface area contributed by atoms with E-state index < -0.39 is 0 Å². The fourth-order valence-electron chi connectivity index (χ4n) is 1.56. The van der Waals surface area contributed by atoms with Gasteiger partial charge in [0.1, 0.15) is 5.75 Å². The van der Waals surface area contributed by atoms with E-state index in [1.54, 1.807) is 14.2 Å². The normalized spacial score (nSPS) is 11.0. The van der Waals surface area contributed by atoms with Crippen molar-refractivity contribution in [1.82, 2.24) is 5.32 Å². The third kappa shape index (κ3) is 5.02. The number of aryl methyl sites for hydroxylation is 1. The third-order valence-electron chi connectivity index (χ3n) is 2.47. The van der Waals surface area contributed by atoms with Crippen molar-refractivity contribution in [1.29, 1.82) is 0 Å². The van der Waals surface area contributed by atoms with Crippen molar-refractivity contribution >= 4 is 6.08 Å². The molecule has 1 aromatic carbocycles. The predicted octanol–water partition coefficient (Wildman–Crippen LogP) is 2.25. The quantitative estimate of drug-likeness (QED) is 0.735. The Morgan fingerprint density at radius 3 is 2.76 bits per heavy atom. The molecule has 1 rings (SSSR count). The summed E-state index contributed by atoms with van der Waals surface area (Å²) in [5.74, 6) is 0.931. The van der Waals surface area contributed by atoms with Crippen LogP contribution in [0.2, 0.25) is 0 Å². The van der Waals surface area contributed by atoms with Crippen LogP contribution < -0.4 is 10.1 Å². The molecule has 0 spiro atoms. The van der Waals surface area contributed by atoms with Crippen LogP contribution >= 0.6 is 0 Å². The molecule has 0 radical (unpaired) electrons. The minimum Gasteiger partial charge on any atom is -0.496 e. The van der Waals surface area contributed by atoms with Gasteiger partial charge in [0, 0.05) is 20.2 Å². The highest BCUT2D eigenvalue weighted by molar-refractivity contribution is 5.53. The standard InChI is InChI=1S/C14H21NO2/c1-12-11-13(6-7-14(12)17-3)5-4-8-15-9-10-16-2/h4-7,11,15H,8-10H2,1-3H3. The third-order valence-corrected chi connectivity index (χ3v) is 2.47. The van der Waals surface area contributed by atoms with Crippen LogP contribution in [-0.2, 0) is 4.74 Å². The molecular weight excluding hydrogens is 214 g/mol. The first-order valence-electron chi connectivity index (χ1n) is 5.78. The lowest BCUT2D eigenvalue weighted by Crippen LogP contribution is -2.18. The molecule has 0 saturated carbocycles. The van der Waals surface area contributed by atoms with Crippen LogP contribution in [0.25, 0.3) is 6.08 Å². The summed E-state index contributed by atoms with van der Waals surface area (Å²) in [5, 5.41) is 3.26. The maximum atomic E-state index is 5.22. The van der Waals surface area contributed by atoms with E-state index in [2.05, 4.69) is 29.6 Å². The molecule has 0 heterocycles. The average molecular weight is 235 g/mol. The van der Waals surface area contributed by atoms with Crippen LogP contribution in [-0.4, -0.2) is 33.9 Å². The topological polar surface area (TPSA) is 30.5 Å². The highest BCUT2D eigenvalue weighted by Gasteiger charge is 1.96. The summed E-state index contributed by atoms with van der Waals surface area (Å²) in [4.78, 5) is 0.